The van der Waals surface area contributed by atoms with Crippen LogP contribution in [-0.2, 0) is 11.3 Å². The molecule has 2 aromatic rings. The van der Waals surface area contributed by atoms with Crippen LogP contribution in [0.2, 0.25) is 0 Å². The maximum Gasteiger partial charge on any atom is 0.415 e. The third-order valence-electron chi connectivity index (χ3n) is 3.99. The molecule has 1 aromatic heterocycles. The molecule has 1 aliphatic heterocycles. The molecule has 4 nitrogen and oxygen atoms in total. The Hall–Kier alpha value is -1.86. The molecular weight excluding hydrogens is 309 g/mol. The molecule has 2 heterocycles. The van der Waals surface area contributed by atoms with Crippen LogP contribution in [0.25, 0.3) is 10.9 Å². The number of rotatable bonds is 2. The van der Waals surface area contributed by atoms with Crippen molar-refractivity contribution in [1.82, 2.24) is 9.88 Å². The molecule has 1 atom stereocenters. The molecule has 7 heteroatoms. The van der Waals surface area contributed by atoms with Gasteiger partial charge in [-0.1, -0.05) is 11.6 Å². The number of pyridine rings is 1. The number of nitrogens with one attached hydrogen (secondary N) is 1. The molecule has 0 saturated carbocycles. The van der Waals surface area contributed by atoms with Gasteiger partial charge in [-0.25, -0.2) is 0 Å². The maximum absolute atomic E-state index is 12.8. The summed E-state index contributed by atoms with van der Waals surface area (Å²) in [5.74, 6) is 0. The molecular formula is C16H17F3N2O2. The maximum atomic E-state index is 12.8. The van der Waals surface area contributed by atoms with Gasteiger partial charge in [-0.2, -0.15) is 13.2 Å². The Morgan fingerprint density at radius 2 is 2.13 bits per heavy atom. The van der Waals surface area contributed by atoms with Gasteiger partial charge in [-0.3, -0.25) is 9.69 Å². The van der Waals surface area contributed by atoms with Gasteiger partial charge in [0.25, 0.3) is 5.56 Å². The molecule has 23 heavy (non-hydrogen) atoms. The first-order chi connectivity index (χ1) is 10.8. The van der Waals surface area contributed by atoms with E-state index in [2.05, 4.69) is 4.98 Å². The second-order valence-electron chi connectivity index (χ2n) is 5.85. The number of morpholine rings is 1. The number of hydrogen-bond donors (Lipinski definition) is 1. The minimum absolute atomic E-state index is 0.00870. The summed E-state index contributed by atoms with van der Waals surface area (Å²) in [6.45, 7) is 2.25. The highest BCUT2D eigenvalue weighted by atomic mass is 19.4. The summed E-state index contributed by atoms with van der Waals surface area (Å²) in [7, 11) is 0. The van der Waals surface area contributed by atoms with E-state index in [0.717, 1.165) is 16.5 Å². The average molecular weight is 326 g/mol. The zero-order valence-electron chi connectivity index (χ0n) is 12.6. The van der Waals surface area contributed by atoms with Crippen LogP contribution in [0, 0.1) is 6.92 Å². The lowest BCUT2D eigenvalue weighted by Gasteiger charge is -2.33. The van der Waals surface area contributed by atoms with E-state index < -0.39 is 12.3 Å². The summed E-state index contributed by atoms with van der Waals surface area (Å²) < 4.78 is 43.1. The van der Waals surface area contributed by atoms with Crippen LogP contribution in [0.1, 0.15) is 11.1 Å². The first kappa shape index (κ1) is 16.0. The Labute approximate surface area is 130 Å². The summed E-state index contributed by atoms with van der Waals surface area (Å²) in [5.41, 5.74) is 1.97. The van der Waals surface area contributed by atoms with Crippen molar-refractivity contribution in [2.45, 2.75) is 25.7 Å². The summed E-state index contributed by atoms with van der Waals surface area (Å²) >= 11 is 0. The van der Waals surface area contributed by atoms with Gasteiger partial charge in [-0.15, -0.1) is 0 Å². The number of alkyl halides is 3. The minimum atomic E-state index is -4.38. The lowest BCUT2D eigenvalue weighted by atomic mass is 10.1. The Kier molecular flexibility index (Phi) is 4.16. The fraction of sp³-hybridized carbons (Fsp3) is 0.438. The van der Waals surface area contributed by atoms with Crippen molar-refractivity contribution >= 4 is 10.9 Å². The lowest BCUT2D eigenvalue weighted by molar-refractivity contribution is -0.237. The van der Waals surface area contributed by atoms with Crippen molar-refractivity contribution in [1.29, 1.82) is 0 Å². The van der Waals surface area contributed by atoms with Crippen molar-refractivity contribution in [3.63, 3.8) is 0 Å². The number of hydrogen-bond acceptors (Lipinski definition) is 3. The number of H-pyrrole nitrogens is 1. The highest BCUT2D eigenvalue weighted by Crippen LogP contribution is 2.26. The largest absolute Gasteiger partial charge is 0.415 e. The highest BCUT2D eigenvalue weighted by molar-refractivity contribution is 5.79. The smallest absolute Gasteiger partial charge is 0.366 e. The zero-order chi connectivity index (χ0) is 16.6. The molecule has 0 aliphatic carbocycles. The molecule has 1 N–H and O–H groups in total. The first-order valence-electron chi connectivity index (χ1n) is 7.36. The van der Waals surface area contributed by atoms with E-state index in [0.29, 0.717) is 12.1 Å². The van der Waals surface area contributed by atoms with Gasteiger partial charge in [0.2, 0.25) is 0 Å². The van der Waals surface area contributed by atoms with Gasteiger partial charge in [0, 0.05) is 30.7 Å². The van der Waals surface area contributed by atoms with E-state index in [4.69, 9.17) is 4.74 Å². The topological polar surface area (TPSA) is 45.3 Å². The Morgan fingerprint density at radius 1 is 1.35 bits per heavy atom. The first-order valence-corrected chi connectivity index (χ1v) is 7.36. The normalized spacial score (nSPS) is 20.1. The molecule has 1 unspecified atom stereocenters. The third-order valence-corrected chi connectivity index (χ3v) is 3.99. The van der Waals surface area contributed by atoms with Crippen molar-refractivity contribution in [3.05, 3.63) is 45.7 Å². The van der Waals surface area contributed by atoms with Crippen LogP contribution in [0.5, 0.6) is 0 Å². The molecule has 124 valence electrons. The van der Waals surface area contributed by atoms with Gasteiger partial charge < -0.3 is 9.72 Å². The molecule has 1 saturated heterocycles. The molecule has 0 amide bonds. The second-order valence-corrected chi connectivity index (χ2v) is 5.85. The highest BCUT2D eigenvalue weighted by Gasteiger charge is 2.43. The summed E-state index contributed by atoms with van der Waals surface area (Å²) in [6.07, 6.45) is -6.18. The molecule has 0 spiro atoms. The van der Waals surface area contributed by atoms with E-state index in [1.807, 2.05) is 25.1 Å². The zero-order valence-corrected chi connectivity index (χ0v) is 12.6. The van der Waals surface area contributed by atoms with E-state index >= 15 is 0 Å². The number of nitrogens with zero attached hydrogens (tertiary/aromatic N) is 1. The summed E-state index contributed by atoms with van der Waals surface area (Å²) in [5, 5.41) is 0.875. The fourth-order valence-corrected chi connectivity index (χ4v) is 2.77. The fourth-order valence-electron chi connectivity index (χ4n) is 2.77. The van der Waals surface area contributed by atoms with Gasteiger partial charge in [0.15, 0.2) is 6.10 Å². The van der Waals surface area contributed by atoms with Crippen molar-refractivity contribution < 1.29 is 17.9 Å². The van der Waals surface area contributed by atoms with E-state index in [-0.39, 0.29) is 25.3 Å². The molecule has 1 aromatic carbocycles. The Balaban J connectivity index is 1.83. The van der Waals surface area contributed by atoms with Gasteiger partial charge in [0.1, 0.15) is 0 Å². The SMILES string of the molecule is Cc1ccc2[nH]c(=O)c(CN3CCOC(C(F)(F)F)C3)cc2c1. The number of aryl methyl sites for hydroxylation is 1. The van der Waals surface area contributed by atoms with Gasteiger partial charge >= 0.3 is 6.18 Å². The Bertz CT molecular complexity index is 770. The van der Waals surface area contributed by atoms with Crippen LogP contribution in [0.4, 0.5) is 13.2 Å². The number of fused-ring (bicyclic) bond motifs is 1. The van der Waals surface area contributed by atoms with Gasteiger partial charge in [0.05, 0.1) is 6.61 Å². The quantitative estimate of drug-likeness (QED) is 0.923. The number of ether oxygens (including phenoxy) is 1. The van der Waals surface area contributed by atoms with Crippen molar-refractivity contribution in [2.75, 3.05) is 19.7 Å². The van der Waals surface area contributed by atoms with Crippen LogP contribution in [0.3, 0.4) is 0 Å². The van der Waals surface area contributed by atoms with Crippen LogP contribution >= 0.6 is 0 Å². The van der Waals surface area contributed by atoms with Crippen molar-refractivity contribution in [2.24, 2.45) is 0 Å². The summed E-state index contributed by atoms with van der Waals surface area (Å²) in [6, 6.07) is 7.41. The van der Waals surface area contributed by atoms with Crippen LogP contribution < -0.4 is 5.56 Å². The predicted octanol–water partition coefficient (Wildman–Crippen LogP) is 2.60. The van der Waals surface area contributed by atoms with E-state index in [9.17, 15) is 18.0 Å². The van der Waals surface area contributed by atoms with Gasteiger partial charge in [-0.05, 0) is 30.5 Å². The van der Waals surface area contributed by atoms with Crippen LogP contribution in [0.15, 0.2) is 29.1 Å². The van der Waals surface area contributed by atoms with Crippen molar-refractivity contribution in [3.8, 4) is 0 Å². The average Bonchev–Trinajstić information content (AvgIpc) is 2.48. The number of halogens is 3. The molecule has 1 fully saturated rings. The molecule has 0 radical (unpaired) electrons. The molecule has 3 rings (SSSR count). The summed E-state index contributed by atoms with van der Waals surface area (Å²) in [4.78, 5) is 16.5. The van der Waals surface area contributed by atoms with E-state index in [1.54, 1.807) is 11.0 Å². The second kappa shape index (κ2) is 5.98. The number of aromatic amines is 1. The lowest BCUT2D eigenvalue weighted by Crippen LogP contribution is -2.49. The van der Waals surface area contributed by atoms with E-state index in [1.165, 1.54) is 0 Å². The molecule has 1 aliphatic rings. The standard InChI is InChI=1S/C16H17F3N2O2/c1-10-2-3-13-11(6-10)7-12(15(22)20-13)8-21-4-5-23-14(9-21)16(17,18)19/h2-3,6-7,14H,4-5,8-9H2,1H3,(H,20,22). The monoisotopic (exact) mass is 326 g/mol. The number of benzene rings is 1. The predicted molar refractivity (Wildman–Crippen MR) is 80.4 cm³/mol. The Morgan fingerprint density at radius 3 is 2.87 bits per heavy atom. The molecule has 0 bridgehead atoms. The van der Waals surface area contributed by atoms with Crippen LogP contribution in [-0.4, -0.2) is 41.9 Å². The number of aromatic nitrogens is 1. The minimum Gasteiger partial charge on any atom is -0.366 e. The third kappa shape index (κ3) is 3.56.